The lowest BCUT2D eigenvalue weighted by molar-refractivity contribution is -0.155. The maximum atomic E-state index is 12.5. The van der Waals surface area contributed by atoms with Gasteiger partial charge in [-0.3, -0.25) is 4.79 Å². The fourth-order valence-corrected chi connectivity index (χ4v) is 2.21. The summed E-state index contributed by atoms with van der Waals surface area (Å²) in [6.45, 7) is 3.31. The van der Waals surface area contributed by atoms with Crippen LogP contribution in [0.5, 0.6) is 11.5 Å². The van der Waals surface area contributed by atoms with Crippen LogP contribution in [0.15, 0.2) is 48.5 Å². The molecule has 2 rings (SSSR count). The van der Waals surface area contributed by atoms with Gasteiger partial charge in [-0.05, 0) is 62.4 Å². The summed E-state index contributed by atoms with van der Waals surface area (Å²) in [7, 11) is 0. The van der Waals surface area contributed by atoms with Crippen molar-refractivity contribution >= 4 is 17.6 Å². The zero-order valence-electron chi connectivity index (χ0n) is 15.8. The first kappa shape index (κ1) is 22.1. The first-order chi connectivity index (χ1) is 13.7. The quantitative estimate of drug-likeness (QED) is 0.664. The van der Waals surface area contributed by atoms with Gasteiger partial charge in [-0.15, -0.1) is 0 Å². The van der Waals surface area contributed by atoms with Crippen molar-refractivity contribution in [3.8, 4) is 11.5 Å². The summed E-state index contributed by atoms with van der Waals surface area (Å²) in [6.07, 6.45) is -5.62. The van der Waals surface area contributed by atoms with Crippen LogP contribution in [0.1, 0.15) is 19.4 Å². The number of esters is 1. The summed E-state index contributed by atoms with van der Waals surface area (Å²) in [5, 5.41) is 2.38. The first-order valence-corrected chi connectivity index (χ1v) is 8.72. The maximum absolute atomic E-state index is 12.5. The number of halogens is 3. The van der Waals surface area contributed by atoms with E-state index in [2.05, 4.69) is 5.32 Å². The highest BCUT2D eigenvalue weighted by Gasteiger charge is 2.30. The van der Waals surface area contributed by atoms with E-state index >= 15 is 0 Å². The van der Waals surface area contributed by atoms with E-state index in [-0.39, 0.29) is 5.69 Å². The molecule has 0 heterocycles. The molecule has 0 aliphatic heterocycles. The van der Waals surface area contributed by atoms with E-state index < -0.39 is 36.3 Å². The normalized spacial score (nSPS) is 12.0. The van der Waals surface area contributed by atoms with Crippen molar-refractivity contribution in [1.29, 1.82) is 0 Å². The van der Waals surface area contributed by atoms with Crippen molar-refractivity contribution in [2.45, 2.75) is 26.1 Å². The zero-order valence-corrected chi connectivity index (χ0v) is 15.8. The number of carbonyl (C=O) groups excluding carboxylic acids is 2. The Hall–Kier alpha value is -3.23. The second kappa shape index (κ2) is 9.81. The highest BCUT2D eigenvalue weighted by Crippen LogP contribution is 2.29. The molecule has 0 aromatic heterocycles. The highest BCUT2D eigenvalue weighted by molar-refractivity contribution is 5.95. The molecule has 0 aliphatic rings. The largest absolute Gasteiger partial charge is 0.494 e. The Morgan fingerprint density at radius 2 is 1.52 bits per heavy atom. The summed E-state index contributed by atoms with van der Waals surface area (Å²) in [5.74, 6) is -0.364. The van der Waals surface area contributed by atoms with Crippen molar-refractivity contribution in [2.75, 3.05) is 18.5 Å². The van der Waals surface area contributed by atoms with Gasteiger partial charge in [0.2, 0.25) is 0 Å². The van der Waals surface area contributed by atoms with Crippen LogP contribution in [0, 0.1) is 0 Å². The first-order valence-electron chi connectivity index (χ1n) is 8.72. The molecular formula is C20H20F3NO5. The summed E-state index contributed by atoms with van der Waals surface area (Å²) in [6, 6.07) is 10.5. The van der Waals surface area contributed by atoms with Crippen LogP contribution in [0.25, 0.3) is 0 Å². The Bertz CT molecular complexity index is 820. The maximum Gasteiger partial charge on any atom is 0.416 e. The fraction of sp³-hybridized carbons (Fsp3) is 0.300. The lowest BCUT2D eigenvalue weighted by atomic mass is 10.2. The minimum atomic E-state index is -4.46. The van der Waals surface area contributed by atoms with Crippen molar-refractivity contribution in [3.63, 3.8) is 0 Å². The molecule has 0 radical (unpaired) electrons. The Kier molecular flexibility index (Phi) is 7.46. The monoisotopic (exact) mass is 411 g/mol. The molecule has 9 heteroatoms. The van der Waals surface area contributed by atoms with E-state index in [1.54, 1.807) is 24.3 Å². The summed E-state index contributed by atoms with van der Waals surface area (Å²) in [5.41, 5.74) is -0.682. The van der Waals surface area contributed by atoms with Crippen LogP contribution in [0.4, 0.5) is 18.9 Å². The molecule has 0 saturated carbocycles. The van der Waals surface area contributed by atoms with Crippen LogP contribution >= 0.6 is 0 Å². The number of rotatable bonds is 8. The molecule has 156 valence electrons. The number of carbonyl (C=O) groups is 2. The van der Waals surface area contributed by atoms with E-state index in [9.17, 15) is 22.8 Å². The Balaban J connectivity index is 1.80. The Morgan fingerprint density at radius 1 is 0.966 bits per heavy atom. The minimum Gasteiger partial charge on any atom is -0.494 e. The average Bonchev–Trinajstić information content (AvgIpc) is 2.67. The molecule has 0 spiro atoms. The predicted octanol–water partition coefficient (Wildman–Crippen LogP) is 4.05. The van der Waals surface area contributed by atoms with Crippen molar-refractivity contribution in [3.05, 3.63) is 54.1 Å². The van der Waals surface area contributed by atoms with Gasteiger partial charge in [-0.2, -0.15) is 13.2 Å². The number of hydrogen-bond donors (Lipinski definition) is 1. The second-order valence-electron chi connectivity index (χ2n) is 5.89. The molecule has 29 heavy (non-hydrogen) atoms. The fourth-order valence-electron chi connectivity index (χ4n) is 2.21. The molecule has 2 aromatic carbocycles. The van der Waals surface area contributed by atoms with Gasteiger partial charge < -0.3 is 19.5 Å². The van der Waals surface area contributed by atoms with Crippen molar-refractivity contribution < 1.29 is 37.0 Å². The van der Waals surface area contributed by atoms with Crippen molar-refractivity contribution in [1.82, 2.24) is 0 Å². The third-order valence-electron chi connectivity index (χ3n) is 3.65. The molecule has 0 fully saturated rings. The van der Waals surface area contributed by atoms with Crippen LogP contribution in [-0.2, 0) is 20.5 Å². The number of hydrogen-bond acceptors (Lipinski definition) is 5. The minimum absolute atomic E-state index is 0.150. The van der Waals surface area contributed by atoms with Gasteiger partial charge in [0.1, 0.15) is 11.5 Å². The Labute approximate surface area is 165 Å². The van der Waals surface area contributed by atoms with Crippen molar-refractivity contribution in [2.24, 2.45) is 0 Å². The van der Waals surface area contributed by atoms with E-state index in [0.717, 1.165) is 24.3 Å². The number of alkyl halides is 3. The molecular weight excluding hydrogens is 391 g/mol. The summed E-state index contributed by atoms with van der Waals surface area (Å²) in [4.78, 5) is 23.9. The molecule has 1 N–H and O–H groups in total. The number of amides is 1. The van der Waals surface area contributed by atoms with E-state index in [0.29, 0.717) is 18.1 Å². The van der Waals surface area contributed by atoms with E-state index in [1.807, 2.05) is 6.92 Å². The topological polar surface area (TPSA) is 73.9 Å². The third kappa shape index (κ3) is 7.02. The number of nitrogens with one attached hydrogen (secondary N) is 1. The average molecular weight is 411 g/mol. The standard InChI is InChI=1S/C20H20F3NO5/c1-3-27-16-8-10-17(11-9-16)28-12-18(25)29-13(2)19(26)24-15-6-4-14(5-7-15)20(21,22)23/h4-11,13H,3,12H2,1-2H3,(H,24,26)/t13-/m1/s1. The molecule has 2 aromatic rings. The molecule has 0 unspecified atom stereocenters. The van der Waals surface area contributed by atoms with Gasteiger partial charge in [0, 0.05) is 5.69 Å². The molecule has 1 amide bonds. The number of ether oxygens (including phenoxy) is 3. The molecule has 6 nitrogen and oxygen atoms in total. The van der Waals surface area contributed by atoms with Crippen LogP contribution in [0.2, 0.25) is 0 Å². The highest BCUT2D eigenvalue weighted by atomic mass is 19.4. The predicted molar refractivity (Wildman–Crippen MR) is 98.7 cm³/mol. The summed E-state index contributed by atoms with van der Waals surface area (Å²) >= 11 is 0. The van der Waals surface area contributed by atoms with Gasteiger partial charge in [0.15, 0.2) is 12.7 Å². The van der Waals surface area contributed by atoms with Gasteiger partial charge in [-0.25, -0.2) is 4.79 Å². The second-order valence-corrected chi connectivity index (χ2v) is 5.89. The SMILES string of the molecule is CCOc1ccc(OCC(=O)O[C@H](C)C(=O)Nc2ccc(C(F)(F)F)cc2)cc1. The lowest BCUT2D eigenvalue weighted by Gasteiger charge is -2.14. The van der Waals surface area contributed by atoms with Gasteiger partial charge in [0.05, 0.1) is 12.2 Å². The molecule has 0 bridgehead atoms. The molecule has 0 saturated heterocycles. The molecule has 1 atom stereocenters. The van der Waals surface area contributed by atoms with E-state index in [4.69, 9.17) is 14.2 Å². The Morgan fingerprint density at radius 3 is 2.03 bits per heavy atom. The zero-order chi connectivity index (χ0) is 21.4. The number of benzene rings is 2. The van der Waals surface area contributed by atoms with Crippen LogP contribution in [0.3, 0.4) is 0 Å². The van der Waals surface area contributed by atoms with E-state index in [1.165, 1.54) is 6.92 Å². The van der Waals surface area contributed by atoms with Gasteiger partial charge in [0.25, 0.3) is 5.91 Å². The third-order valence-corrected chi connectivity index (χ3v) is 3.65. The molecule has 0 aliphatic carbocycles. The van der Waals surface area contributed by atoms with Gasteiger partial charge in [-0.1, -0.05) is 0 Å². The lowest BCUT2D eigenvalue weighted by Crippen LogP contribution is -2.31. The van der Waals surface area contributed by atoms with Crippen LogP contribution < -0.4 is 14.8 Å². The van der Waals surface area contributed by atoms with Gasteiger partial charge >= 0.3 is 12.1 Å². The smallest absolute Gasteiger partial charge is 0.416 e. The summed E-state index contributed by atoms with van der Waals surface area (Å²) < 4.78 is 53.2. The van der Waals surface area contributed by atoms with Crippen LogP contribution in [-0.4, -0.2) is 31.2 Å². The number of anilines is 1.